The van der Waals surface area contributed by atoms with Gasteiger partial charge in [0, 0.05) is 16.7 Å². The summed E-state index contributed by atoms with van der Waals surface area (Å²) in [6.45, 7) is 7.41. The molecule has 0 spiro atoms. The van der Waals surface area contributed by atoms with E-state index in [1.807, 2.05) is 23.9 Å². The van der Waals surface area contributed by atoms with Gasteiger partial charge in [0.1, 0.15) is 5.75 Å². The molecule has 0 aromatic heterocycles. The van der Waals surface area contributed by atoms with E-state index in [4.69, 9.17) is 4.74 Å². The van der Waals surface area contributed by atoms with Gasteiger partial charge in [-0.3, -0.25) is 0 Å². The molecule has 3 aromatic carbocycles. The van der Waals surface area contributed by atoms with Crippen LogP contribution in [0.25, 0.3) is 10.8 Å². The zero-order valence-electron chi connectivity index (χ0n) is 16.1. The second kappa shape index (κ2) is 9.63. The standard InChI is InChI=1S/C24H27NOS/c1-18(17-27-22-13-11-21(26-3)12-14-22)15-16-25-19(2)23-10-6-8-20-7-4-5-9-24(20)23/h4-14,19,25H,1,15-17H2,2-3H3/t19-/m1/s1. The Bertz CT molecular complexity index is 883. The Morgan fingerprint density at radius 3 is 2.56 bits per heavy atom. The Hall–Kier alpha value is -2.23. The first kappa shape index (κ1) is 19.5. The third kappa shape index (κ3) is 5.38. The predicted molar refractivity (Wildman–Crippen MR) is 118 cm³/mol. The van der Waals surface area contributed by atoms with Gasteiger partial charge in [0.15, 0.2) is 0 Å². The van der Waals surface area contributed by atoms with Crippen molar-refractivity contribution in [2.75, 3.05) is 19.4 Å². The van der Waals surface area contributed by atoms with Crippen molar-refractivity contribution in [1.82, 2.24) is 5.32 Å². The van der Waals surface area contributed by atoms with E-state index < -0.39 is 0 Å². The van der Waals surface area contributed by atoms with Crippen molar-refractivity contribution < 1.29 is 4.74 Å². The lowest BCUT2D eigenvalue weighted by atomic mass is 9.99. The monoisotopic (exact) mass is 377 g/mol. The van der Waals surface area contributed by atoms with Crippen LogP contribution < -0.4 is 10.1 Å². The molecular formula is C24H27NOS. The number of hydrogen-bond donors (Lipinski definition) is 1. The van der Waals surface area contributed by atoms with Crippen LogP contribution in [0.4, 0.5) is 0 Å². The van der Waals surface area contributed by atoms with Crippen molar-refractivity contribution in [3.8, 4) is 5.75 Å². The minimum atomic E-state index is 0.318. The first-order valence-electron chi connectivity index (χ1n) is 9.32. The van der Waals surface area contributed by atoms with Gasteiger partial charge in [0.25, 0.3) is 0 Å². The lowest BCUT2D eigenvalue weighted by molar-refractivity contribution is 0.414. The third-order valence-electron chi connectivity index (χ3n) is 4.72. The van der Waals surface area contributed by atoms with Gasteiger partial charge in [-0.2, -0.15) is 0 Å². The number of fused-ring (bicyclic) bond motifs is 1. The smallest absolute Gasteiger partial charge is 0.118 e. The minimum Gasteiger partial charge on any atom is -0.497 e. The Morgan fingerprint density at radius 2 is 1.78 bits per heavy atom. The normalized spacial score (nSPS) is 12.1. The highest BCUT2D eigenvalue weighted by Gasteiger charge is 2.08. The van der Waals surface area contributed by atoms with Crippen molar-refractivity contribution in [2.45, 2.75) is 24.3 Å². The van der Waals surface area contributed by atoms with Crippen LogP contribution in [0, 0.1) is 0 Å². The number of benzene rings is 3. The van der Waals surface area contributed by atoms with Gasteiger partial charge < -0.3 is 10.1 Å². The summed E-state index contributed by atoms with van der Waals surface area (Å²) in [4.78, 5) is 1.24. The molecule has 0 unspecified atom stereocenters. The molecule has 0 aliphatic carbocycles. The van der Waals surface area contributed by atoms with E-state index in [0.29, 0.717) is 6.04 Å². The molecule has 1 N–H and O–H groups in total. The van der Waals surface area contributed by atoms with E-state index in [1.165, 1.54) is 26.8 Å². The number of thioether (sulfide) groups is 1. The van der Waals surface area contributed by atoms with E-state index in [2.05, 4.69) is 73.4 Å². The van der Waals surface area contributed by atoms with Crippen LogP contribution in [0.2, 0.25) is 0 Å². The molecule has 140 valence electrons. The zero-order chi connectivity index (χ0) is 19.1. The number of rotatable bonds is 9. The van der Waals surface area contributed by atoms with Crippen molar-refractivity contribution in [1.29, 1.82) is 0 Å². The molecule has 0 heterocycles. The van der Waals surface area contributed by atoms with Gasteiger partial charge >= 0.3 is 0 Å². The van der Waals surface area contributed by atoms with Gasteiger partial charge in [-0.1, -0.05) is 54.6 Å². The Balaban J connectivity index is 1.46. The van der Waals surface area contributed by atoms with Crippen molar-refractivity contribution in [3.63, 3.8) is 0 Å². The van der Waals surface area contributed by atoms with Crippen LogP contribution in [-0.4, -0.2) is 19.4 Å². The molecule has 2 nitrogen and oxygen atoms in total. The van der Waals surface area contributed by atoms with Crippen molar-refractivity contribution in [2.24, 2.45) is 0 Å². The summed E-state index contributed by atoms with van der Waals surface area (Å²) in [5, 5.41) is 6.27. The highest BCUT2D eigenvalue weighted by molar-refractivity contribution is 7.99. The molecule has 0 aliphatic heterocycles. The average molecular weight is 378 g/mol. The Kier molecular flexibility index (Phi) is 6.97. The fourth-order valence-electron chi connectivity index (χ4n) is 3.13. The maximum atomic E-state index is 5.20. The molecule has 1 atom stereocenters. The number of methoxy groups -OCH3 is 1. The molecule has 0 saturated heterocycles. The quantitative estimate of drug-likeness (QED) is 0.352. The van der Waals surface area contributed by atoms with Gasteiger partial charge in [0.05, 0.1) is 7.11 Å². The SMILES string of the molecule is C=C(CCN[C@H](C)c1cccc2ccccc12)CSc1ccc(OC)cc1. The molecule has 0 aliphatic rings. The van der Waals surface area contributed by atoms with E-state index in [9.17, 15) is 0 Å². The van der Waals surface area contributed by atoms with E-state index in [0.717, 1.165) is 24.5 Å². The van der Waals surface area contributed by atoms with E-state index in [1.54, 1.807) is 7.11 Å². The topological polar surface area (TPSA) is 21.3 Å². The molecule has 27 heavy (non-hydrogen) atoms. The van der Waals surface area contributed by atoms with Crippen LogP contribution in [0.1, 0.15) is 24.9 Å². The Morgan fingerprint density at radius 1 is 1.04 bits per heavy atom. The van der Waals surface area contributed by atoms with Crippen molar-refractivity contribution in [3.05, 3.63) is 84.4 Å². The second-order valence-electron chi connectivity index (χ2n) is 6.71. The molecule has 0 bridgehead atoms. The molecule has 0 amide bonds. The van der Waals surface area contributed by atoms with Gasteiger partial charge in [-0.15, -0.1) is 11.8 Å². The molecule has 3 aromatic rings. The summed E-state index contributed by atoms with van der Waals surface area (Å²) in [7, 11) is 1.69. The molecule has 3 heteroatoms. The van der Waals surface area contributed by atoms with E-state index in [-0.39, 0.29) is 0 Å². The maximum Gasteiger partial charge on any atom is 0.118 e. The zero-order valence-corrected chi connectivity index (χ0v) is 16.9. The summed E-state index contributed by atoms with van der Waals surface area (Å²) < 4.78 is 5.20. The summed E-state index contributed by atoms with van der Waals surface area (Å²) in [6, 6.07) is 23.6. The lowest BCUT2D eigenvalue weighted by Gasteiger charge is -2.17. The second-order valence-corrected chi connectivity index (χ2v) is 7.76. The molecule has 0 fully saturated rings. The summed E-state index contributed by atoms with van der Waals surface area (Å²) >= 11 is 1.82. The fraction of sp³-hybridized carbons (Fsp3) is 0.250. The van der Waals surface area contributed by atoms with Crippen molar-refractivity contribution >= 4 is 22.5 Å². The lowest BCUT2D eigenvalue weighted by Crippen LogP contribution is -2.20. The first-order chi connectivity index (χ1) is 13.2. The molecule has 3 rings (SSSR count). The largest absolute Gasteiger partial charge is 0.497 e. The fourth-order valence-corrected chi connectivity index (χ4v) is 3.98. The van der Waals surface area contributed by atoms with Crippen LogP contribution in [-0.2, 0) is 0 Å². The minimum absolute atomic E-state index is 0.318. The molecule has 0 radical (unpaired) electrons. The number of ether oxygens (including phenoxy) is 1. The van der Waals surface area contributed by atoms with Crippen LogP contribution in [0.5, 0.6) is 5.75 Å². The highest BCUT2D eigenvalue weighted by atomic mass is 32.2. The third-order valence-corrected chi connectivity index (χ3v) is 5.88. The van der Waals surface area contributed by atoms with E-state index >= 15 is 0 Å². The summed E-state index contributed by atoms with van der Waals surface area (Å²) in [6.07, 6.45) is 0.984. The van der Waals surface area contributed by atoms with Gasteiger partial charge in [-0.05, 0) is 60.5 Å². The predicted octanol–water partition coefficient (Wildman–Crippen LogP) is 6.24. The Labute approximate surface area is 166 Å². The molecular weight excluding hydrogens is 350 g/mol. The van der Waals surface area contributed by atoms with Crippen LogP contribution in [0.3, 0.4) is 0 Å². The summed E-state index contributed by atoms with van der Waals surface area (Å²) in [5.41, 5.74) is 2.61. The van der Waals surface area contributed by atoms with Crippen LogP contribution >= 0.6 is 11.8 Å². The number of hydrogen-bond acceptors (Lipinski definition) is 3. The average Bonchev–Trinajstić information content (AvgIpc) is 2.72. The van der Waals surface area contributed by atoms with Gasteiger partial charge in [0.2, 0.25) is 0 Å². The first-order valence-corrected chi connectivity index (χ1v) is 10.3. The van der Waals surface area contributed by atoms with Crippen LogP contribution in [0.15, 0.2) is 83.8 Å². The number of nitrogens with one attached hydrogen (secondary N) is 1. The van der Waals surface area contributed by atoms with Gasteiger partial charge in [-0.25, -0.2) is 0 Å². The highest BCUT2D eigenvalue weighted by Crippen LogP contribution is 2.25. The summed E-state index contributed by atoms with van der Waals surface area (Å²) in [5.74, 6) is 1.83. The maximum absolute atomic E-state index is 5.20. The molecule has 0 saturated carbocycles.